The Morgan fingerprint density at radius 1 is 1.41 bits per heavy atom. The van der Waals surface area contributed by atoms with Crippen molar-refractivity contribution in [2.45, 2.75) is 57.0 Å². The molecular weight excluding hydrogens is 468 g/mol. The number of alkyl halides is 2. The van der Waals surface area contributed by atoms with E-state index in [1.165, 1.54) is 0 Å². The average Bonchev–Trinajstić information content (AvgIpc) is 2.80. The van der Waals surface area contributed by atoms with Crippen LogP contribution in [-0.2, 0) is 14.4 Å². The van der Waals surface area contributed by atoms with E-state index in [1.54, 1.807) is 25.1 Å². The first kappa shape index (κ1) is 25.7. The molecule has 11 heteroatoms. The summed E-state index contributed by atoms with van der Waals surface area (Å²) in [4.78, 5) is 39.0. The predicted molar refractivity (Wildman–Crippen MR) is 122 cm³/mol. The van der Waals surface area contributed by atoms with Crippen molar-refractivity contribution in [1.29, 1.82) is 5.26 Å². The zero-order valence-corrected chi connectivity index (χ0v) is 19.6. The van der Waals surface area contributed by atoms with Crippen LogP contribution in [-0.4, -0.2) is 60.3 Å². The van der Waals surface area contributed by atoms with Gasteiger partial charge in [0.05, 0.1) is 12.6 Å². The molecule has 0 aliphatic carbocycles. The van der Waals surface area contributed by atoms with Gasteiger partial charge >= 0.3 is 0 Å². The Labute approximate surface area is 202 Å². The molecule has 3 amide bonds. The van der Waals surface area contributed by atoms with Crippen molar-refractivity contribution in [2.24, 2.45) is 5.92 Å². The second-order valence-corrected chi connectivity index (χ2v) is 9.14. The standard InChI is InChI=1S/C23H28ClF2N5O3/c1-14-17(24)5-2-6-18(14)29-13-20(32)31-9-7-23(25,26)11-19(31)22(34)30-16(12-27)10-15-4-3-8-28-21(15)33/h2,5-6,15-16,19,29H,3-4,7-11,13H2,1H3,(H,28,33)(H,30,34)/t15-,16-,19-/m0/s1. The van der Waals surface area contributed by atoms with E-state index in [0.717, 1.165) is 16.9 Å². The molecule has 1 aromatic carbocycles. The average molecular weight is 496 g/mol. The lowest BCUT2D eigenvalue weighted by Gasteiger charge is -2.39. The molecule has 0 aromatic heterocycles. The minimum Gasteiger partial charge on any atom is -0.376 e. The number of nitrogens with zero attached hydrogens (tertiary/aromatic N) is 2. The van der Waals surface area contributed by atoms with Crippen molar-refractivity contribution in [3.8, 4) is 6.07 Å². The van der Waals surface area contributed by atoms with Gasteiger partial charge in [-0.25, -0.2) is 8.78 Å². The number of rotatable bonds is 7. The molecule has 3 N–H and O–H groups in total. The largest absolute Gasteiger partial charge is 0.376 e. The molecule has 1 aromatic rings. The molecule has 2 aliphatic rings. The first-order valence-corrected chi connectivity index (χ1v) is 11.6. The van der Waals surface area contributed by atoms with Gasteiger partial charge in [0.25, 0.3) is 5.92 Å². The molecule has 3 atom stereocenters. The maximum atomic E-state index is 14.2. The summed E-state index contributed by atoms with van der Waals surface area (Å²) in [5.41, 5.74) is 1.36. The zero-order chi connectivity index (χ0) is 24.9. The molecule has 3 rings (SSSR count). The molecule has 2 fully saturated rings. The van der Waals surface area contributed by atoms with Gasteiger partial charge in [-0.05, 0) is 43.9 Å². The van der Waals surface area contributed by atoms with Crippen LogP contribution in [0.4, 0.5) is 14.5 Å². The lowest BCUT2D eigenvalue weighted by molar-refractivity contribution is -0.151. The first-order valence-electron chi connectivity index (χ1n) is 11.3. The number of nitriles is 1. The van der Waals surface area contributed by atoms with E-state index >= 15 is 0 Å². The molecule has 184 valence electrons. The third-order valence-electron chi connectivity index (χ3n) is 6.30. The Balaban J connectivity index is 1.67. The molecule has 2 heterocycles. The van der Waals surface area contributed by atoms with Crippen LogP contribution in [0.3, 0.4) is 0 Å². The zero-order valence-electron chi connectivity index (χ0n) is 18.9. The van der Waals surface area contributed by atoms with Gasteiger partial charge in [0.1, 0.15) is 12.1 Å². The Morgan fingerprint density at radius 2 is 2.18 bits per heavy atom. The summed E-state index contributed by atoms with van der Waals surface area (Å²) in [7, 11) is 0. The van der Waals surface area contributed by atoms with Crippen LogP contribution in [0, 0.1) is 24.2 Å². The fourth-order valence-electron chi connectivity index (χ4n) is 4.30. The van der Waals surface area contributed by atoms with Crippen molar-refractivity contribution in [1.82, 2.24) is 15.5 Å². The minimum absolute atomic E-state index is 0.0841. The second-order valence-electron chi connectivity index (χ2n) is 8.74. The lowest BCUT2D eigenvalue weighted by Crippen LogP contribution is -2.58. The summed E-state index contributed by atoms with van der Waals surface area (Å²) < 4.78 is 28.4. The second kappa shape index (κ2) is 11.0. The highest BCUT2D eigenvalue weighted by Crippen LogP contribution is 2.32. The van der Waals surface area contributed by atoms with Gasteiger partial charge in [0.2, 0.25) is 17.7 Å². The Hall–Kier alpha value is -2.93. The number of amides is 3. The molecule has 8 nitrogen and oxygen atoms in total. The maximum absolute atomic E-state index is 14.2. The molecule has 2 saturated heterocycles. The van der Waals surface area contributed by atoms with Gasteiger partial charge in [0.15, 0.2) is 0 Å². The Morgan fingerprint density at radius 3 is 2.88 bits per heavy atom. The van der Waals surface area contributed by atoms with E-state index in [9.17, 15) is 28.4 Å². The van der Waals surface area contributed by atoms with E-state index in [2.05, 4.69) is 16.0 Å². The molecule has 0 radical (unpaired) electrons. The van der Waals surface area contributed by atoms with Gasteiger partial charge in [-0.15, -0.1) is 0 Å². The fraction of sp³-hybridized carbons (Fsp3) is 0.565. The minimum atomic E-state index is -3.11. The number of nitrogens with one attached hydrogen (secondary N) is 3. The molecule has 34 heavy (non-hydrogen) atoms. The third-order valence-corrected chi connectivity index (χ3v) is 6.71. The van der Waals surface area contributed by atoms with Crippen molar-refractivity contribution in [3.05, 3.63) is 28.8 Å². The Bertz CT molecular complexity index is 984. The summed E-state index contributed by atoms with van der Waals surface area (Å²) in [6.07, 6.45) is 0.0471. The van der Waals surface area contributed by atoms with Crippen LogP contribution < -0.4 is 16.0 Å². The predicted octanol–water partition coefficient (Wildman–Crippen LogP) is 2.61. The highest BCUT2D eigenvalue weighted by Gasteiger charge is 2.45. The molecule has 2 aliphatic heterocycles. The number of halogens is 3. The van der Waals surface area contributed by atoms with E-state index in [-0.39, 0.29) is 25.4 Å². The number of likely N-dealkylation sites (tertiary alicyclic amines) is 1. The van der Waals surface area contributed by atoms with Crippen LogP contribution in [0.5, 0.6) is 0 Å². The van der Waals surface area contributed by atoms with E-state index in [4.69, 9.17) is 11.6 Å². The number of anilines is 1. The van der Waals surface area contributed by atoms with Gasteiger partial charge in [-0.1, -0.05) is 17.7 Å². The topological polar surface area (TPSA) is 114 Å². The lowest BCUT2D eigenvalue weighted by atomic mass is 9.91. The van der Waals surface area contributed by atoms with Crippen LogP contribution in [0.1, 0.15) is 37.7 Å². The fourth-order valence-corrected chi connectivity index (χ4v) is 4.47. The number of benzene rings is 1. The smallest absolute Gasteiger partial charge is 0.252 e. The summed E-state index contributed by atoms with van der Waals surface area (Å²) >= 11 is 6.09. The number of hydrogen-bond acceptors (Lipinski definition) is 5. The van der Waals surface area contributed by atoms with E-state index in [0.29, 0.717) is 23.7 Å². The van der Waals surface area contributed by atoms with Gasteiger partial charge < -0.3 is 20.9 Å². The van der Waals surface area contributed by atoms with Gasteiger partial charge in [-0.2, -0.15) is 5.26 Å². The highest BCUT2D eigenvalue weighted by molar-refractivity contribution is 6.31. The summed E-state index contributed by atoms with van der Waals surface area (Å²) in [5.74, 6) is -5.08. The van der Waals surface area contributed by atoms with Crippen LogP contribution in [0.2, 0.25) is 5.02 Å². The molecule has 0 saturated carbocycles. The molecule has 0 bridgehead atoms. The van der Waals surface area contributed by atoms with E-state index in [1.807, 2.05) is 6.07 Å². The Kier molecular flexibility index (Phi) is 8.31. The molecule has 0 unspecified atom stereocenters. The van der Waals surface area contributed by atoms with E-state index < -0.39 is 48.6 Å². The van der Waals surface area contributed by atoms with Gasteiger partial charge in [0, 0.05) is 42.6 Å². The molecular formula is C23H28ClF2N5O3. The number of piperidine rings is 2. The third kappa shape index (κ3) is 6.35. The number of carbonyl (C=O) groups is 3. The normalized spacial score (nSPS) is 22.8. The molecule has 0 spiro atoms. The number of carbonyl (C=O) groups excluding carboxylic acids is 3. The highest BCUT2D eigenvalue weighted by atomic mass is 35.5. The maximum Gasteiger partial charge on any atom is 0.252 e. The SMILES string of the molecule is Cc1c(Cl)cccc1NCC(=O)N1CCC(F)(F)C[C@H]1C(=O)N[C@H](C#N)C[C@@H]1CCCNC1=O. The van der Waals surface area contributed by atoms with Crippen LogP contribution in [0.15, 0.2) is 18.2 Å². The van der Waals surface area contributed by atoms with Crippen LogP contribution in [0.25, 0.3) is 0 Å². The van der Waals surface area contributed by atoms with Crippen LogP contribution >= 0.6 is 11.6 Å². The monoisotopic (exact) mass is 495 g/mol. The van der Waals surface area contributed by atoms with Crippen molar-refractivity contribution >= 4 is 35.0 Å². The summed E-state index contributed by atoms with van der Waals surface area (Å²) in [6, 6.07) is 4.65. The van der Waals surface area contributed by atoms with Crippen molar-refractivity contribution in [2.75, 3.05) is 25.0 Å². The van der Waals surface area contributed by atoms with Gasteiger partial charge in [-0.3, -0.25) is 14.4 Å². The summed E-state index contributed by atoms with van der Waals surface area (Å²) in [5, 5.41) is 18.1. The first-order chi connectivity index (χ1) is 16.1. The van der Waals surface area contributed by atoms with Crippen molar-refractivity contribution < 1.29 is 23.2 Å². The summed E-state index contributed by atoms with van der Waals surface area (Å²) in [6.45, 7) is 1.85. The van der Waals surface area contributed by atoms with Crippen molar-refractivity contribution in [3.63, 3.8) is 0 Å². The quantitative estimate of drug-likeness (QED) is 0.538. The number of hydrogen-bond donors (Lipinski definition) is 3.